The Hall–Kier alpha value is -1.67. The van der Waals surface area contributed by atoms with Crippen molar-refractivity contribution < 1.29 is 29.3 Å². The van der Waals surface area contributed by atoms with E-state index in [0.717, 1.165) is 12.8 Å². The molecule has 0 saturated carbocycles. The Morgan fingerprint density at radius 3 is 1.86 bits per heavy atom. The van der Waals surface area contributed by atoms with E-state index in [2.05, 4.69) is 11.7 Å². The predicted molar refractivity (Wildman–Crippen MR) is 109 cm³/mol. The maximum Gasteiger partial charge on any atom is 0.320 e. The number of carboxylic acid groups (broad SMARTS) is 1. The zero-order chi connectivity index (χ0) is 21.6. The van der Waals surface area contributed by atoms with Crippen LogP contribution in [0, 0.1) is 0 Å². The first kappa shape index (κ1) is 28.5. The van der Waals surface area contributed by atoms with Crippen LogP contribution in [0.2, 0.25) is 0 Å². The molecule has 0 heterocycles. The lowest BCUT2D eigenvalue weighted by Gasteiger charge is -2.17. The van der Waals surface area contributed by atoms with Gasteiger partial charge in [0.05, 0.1) is 26.3 Å². The van der Waals surface area contributed by atoms with Crippen molar-refractivity contribution in [3.05, 3.63) is 0 Å². The molecule has 8 heteroatoms. The average molecular weight is 405 g/mol. The molecule has 0 unspecified atom stereocenters. The van der Waals surface area contributed by atoms with Crippen LogP contribution in [0.1, 0.15) is 78.1 Å². The second kappa shape index (κ2) is 21.6. The van der Waals surface area contributed by atoms with E-state index >= 15 is 0 Å². The predicted octanol–water partition coefficient (Wildman–Crippen LogP) is 2.32. The fourth-order valence-corrected chi connectivity index (χ4v) is 2.55. The third kappa shape index (κ3) is 24.3. The van der Waals surface area contributed by atoms with Gasteiger partial charge in [-0.25, -0.2) is 0 Å². The number of aliphatic carboxylic acids is 1. The van der Waals surface area contributed by atoms with Crippen molar-refractivity contribution in [2.24, 2.45) is 5.73 Å². The molecule has 0 atom stereocenters. The van der Waals surface area contributed by atoms with Crippen LogP contribution >= 0.6 is 0 Å². The van der Waals surface area contributed by atoms with Crippen LogP contribution in [-0.4, -0.2) is 65.8 Å². The Morgan fingerprint density at radius 1 is 0.893 bits per heavy atom. The van der Waals surface area contributed by atoms with Crippen molar-refractivity contribution in [1.82, 2.24) is 4.90 Å². The molecule has 0 bridgehead atoms. The molecule has 8 nitrogen and oxygen atoms in total. The minimum absolute atomic E-state index is 0.110. The maximum absolute atomic E-state index is 11.0. The molecule has 0 aliphatic carbocycles. The molecule has 0 aromatic rings. The number of carboxylic acids is 1. The number of amides is 1. The number of hydrogen-bond donors (Lipinski definition) is 3. The molecule has 0 radical (unpaired) electrons. The Morgan fingerprint density at radius 2 is 1.43 bits per heavy atom. The topological polar surface area (TPSA) is 130 Å². The second-order valence-corrected chi connectivity index (χ2v) is 6.68. The summed E-state index contributed by atoms with van der Waals surface area (Å²) in [5, 5.41) is 17.1. The minimum atomic E-state index is -1.04. The lowest BCUT2D eigenvalue weighted by atomic mass is 10.1. The van der Waals surface area contributed by atoms with Crippen molar-refractivity contribution in [3.63, 3.8) is 0 Å². The van der Waals surface area contributed by atoms with Crippen LogP contribution in [0.25, 0.3) is 0 Å². The quantitative estimate of drug-likeness (QED) is 0.250. The van der Waals surface area contributed by atoms with E-state index in [9.17, 15) is 14.4 Å². The van der Waals surface area contributed by atoms with Gasteiger partial charge in [-0.1, -0.05) is 58.3 Å². The highest BCUT2D eigenvalue weighted by molar-refractivity contribution is 5.74. The van der Waals surface area contributed by atoms with E-state index in [1.807, 2.05) is 0 Å². The Balaban J connectivity index is 0. The summed E-state index contributed by atoms with van der Waals surface area (Å²) in [7, 11) is 0. The number of hydrogen-bond acceptors (Lipinski definition) is 6. The van der Waals surface area contributed by atoms with Crippen LogP contribution < -0.4 is 5.73 Å². The summed E-state index contributed by atoms with van der Waals surface area (Å²) in [6.45, 7) is 3.74. The number of nitrogens with two attached hydrogens (primary N) is 1. The van der Waals surface area contributed by atoms with Crippen molar-refractivity contribution in [3.8, 4) is 0 Å². The molecule has 0 aliphatic heterocycles. The molecule has 0 spiro atoms. The molecule has 0 aliphatic rings. The van der Waals surface area contributed by atoms with Crippen LogP contribution in [0.15, 0.2) is 0 Å². The molecule has 0 rings (SSSR count). The first-order valence-electron chi connectivity index (χ1n) is 10.4. The normalized spacial score (nSPS) is 10.3. The number of unbranched alkanes of at least 4 members (excludes halogenated alkanes) is 8. The van der Waals surface area contributed by atoms with Gasteiger partial charge in [-0.05, 0) is 13.3 Å². The monoisotopic (exact) mass is 404 g/mol. The van der Waals surface area contributed by atoms with Crippen molar-refractivity contribution in [2.45, 2.75) is 78.1 Å². The molecular weight excluding hydrogens is 364 g/mol. The van der Waals surface area contributed by atoms with Gasteiger partial charge in [0.1, 0.15) is 0 Å². The van der Waals surface area contributed by atoms with E-state index in [1.54, 1.807) is 6.92 Å². The number of carbonyl (C=O) groups is 3. The number of ether oxygens (including phenoxy) is 1. The van der Waals surface area contributed by atoms with Gasteiger partial charge in [0.2, 0.25) is 5.91 Å². The molecular formula is C20H40N2O6. The first-order valence-corrected chi connectivity index (χ1v) is 10.4. The molecule has 166 valence electrons. The molecule has 0 saturated heterocycles. The number of primary amides is 1. The van der Waals surface area contributed by atoms with Crippen molar-refractivity contribution in [2.75, 3.05) is 32.8 Å². The zero-order valence-electron chi connectivity index (χ0n) is 17.7. The fourth-order valence-electron chi connectivity index (χ4n) is 2.55. The highest BCUT2D eigenvalue weighted by Gasteiger charge is 2.13. The lowest BCUT2D eigenvalue weighted by molar-refractivity contribution is -0.146. The number of carbonyl (C=O) groups excluding carboxylic acids is 2. The summed E-state index contributed by atoms with van der Waals surface area (Å²) in [4.78, 5) is 33.1. The number of esters is 1. The average Bonchev–Trinajstić information content (AvgIpc) is 2.60. The van der Waals surface area contributed by atoms with Gasteiger partial charge in [0.25, 0.3) is 0 Å². The van der Waals surface area contributed by atoms with Gasteiger partial charge >= 0.3 is 11.9 Å². The highest BCUT2D eigenvalue weighted by atomic mass is 16.5. The van der Waals surface area contributed by atoms with Crippen LogP contribution in [0.3, 0.4) is 0 Å². The van der Waals surface area contributed by atoms with Gasteiger partial charge < -0.3 is 20.7 Å². The molecule has 4 N–H and O–H groups in total. The molecule has 0 aromatic carbocycles. The highest BCUT2D eigenvalue weighted by Crippen LogP contribution is 2.10. The lowest BCUT2D eigenvalue weighted by Crippen LogP contribution is -2.37. The molecule has 28 heavy (non-hydrogen) atoms. The third-order valence-electron chi connectivity index (χ3n) is 3.96. The number of aliphatic hydroxyl groups excluding tert-OH is 1. The summed E-state index contributed by atoms with van der Waals surface area (Å²) in [6.07, 6.45) is 12.1. The molecule has 0 aromatic heterocycles. The van der Waals surface area contributed by atoms with Crippen LogP contribution in [-0.2, 0) is 19.1 Å². The Labute approximate surface area is 169 Å². The first-order chi connectivity index (χ1) is 13.4. The van der Waals surface area contributed by atoms with Crippen molar-refractivity contribution in [1.29, 1.82) is 0 Å². The third-order valence-corrected chi connectivity index (χ3v) is 3.96. The summed E-state index contributed by atoms with van der Waals surface area (Å²) in [5.41, 5.74) is 5.05. The van der Waals surface area contributed by atoms with Crippen LogP contribution in [0.5, 0.6) is 0 Å². The number of nitrogens with zero attached hydrogens (tertiary/aromatic N) is 1. The van der Waals surface area contributed by atoms with Gasteiger partial charge in [-0.3, -0.25) is 19.3 Å². The smallest absolute Gasteiger partial charge is 0.320 e. The van der Waals surface area contributed by atoms with Crippen molar-refractivity contribution >= 4 is 17.8 Å². The Bertz CT molecular complexity index is 404. The van der Waals surface area contributed by atoms with Crippen LogP contribution in [0.4, 0.5) is 0 Å². The number of aliphatic hydroxyl groups is 1. The van der Waals surface area contributed by atoms with Gasteiger partial charge in [-0.2, -0.15) is 0 Å². The second-order valence-electron chi connectivity index (χ2n) is 6.68. The van der Waals surface area contributed by atoms with Gasteiger partial charge in [-0.15, -0.1) is 0 Å². The van der Waals surface area contributed by atoms with E-state index in [0.29, 0.717) is 6.42 Å². The summed E-state index contributed by atoms with van der Waals surface area (Å²) in [6, 6.07) is 0. The van der Waals surface area contributed by atoms with Gasteiger partial charge in [0.15, 0.2) is 0 Å². The summed E-state index contributed by atoms with van der Waals surface area (Å²) in [5.74, 6) is -1.68. The number of rotatable bonds is 17. The van der Waals surface area contributed by atoms with E-state index in [4.69, 9.17) is 15.9 Å². The maximum atomic E-state index is 11.0. The van der Waals surface area contributed by atoms with E-state index in [-0.39, 0.29) is 38.8 Å². The standard InChI is InChI=1S/C12H25NO.C8H15NO5/c1-2-3-4-5-6-7-8-9-10-11-12(13)14;1-2-14-8(13)6-9(3-4-10)5-7(11)12/h2-11H2,1H3,(H2,13,14);10H,2-6H2,1H3,(H,11,12). The zero-order valence-corrected chi connectivity index (χ0v) is 17.7. The summed E-state index contributed by atoms with van der Waals surface area (Å²) < 4.78 is 4.65. The van der Waals surface area contributed by atoms with E-state index < -0.39 is 11.9 Å². The molecule has 0 fully saturated rings. The fraction of sp³-hybridized carbons (Fsp3) is 0.850. The minimum Gasteiger partial charge on any atom is -0.480 e. The largest absolute Gasteiger partial charge is 0.480 e. The SMILES string of the molecule is CCCCCCCCCCCC(N)=O.CCOC(=O)CN(CCO)CC(=O)O. The Kier molecular flexibility index (Phi) is 22.0. The van der Waals surface area contributed by atoms with Gasteiger partial charge in [0, 0.05) is 13.0 Å². The molecule has 1 amide bonds. The van der Waals surface area contributed by atoms with E-state index in [1.165, 1.54) is 49.8 Å². The summed E-state index contributed by atoms with van der Waals surface area (Å²) >= 11 is 0.